The second-order valence-electron chi connectivity index (χ2n) is 2.76. The second-order valence-corrected chi connectivity index (χ2v) is 3.15. The average Bonchev–Trinajstić information content (AvgIpc) is 2.56. The zero-order valence-electron chi connectivity index (χ0n) is 7.59. The molecule has 2 rings (SSSR count). The summed E-state index contributed by atoms with van der Waals surface area (Å²) < 4.78 is 6.48. The number of aromatic nitrogens is 3. The topological polar surface area (TPSA) is 79.9 Å². The molecule has 0 radical (unpaired) electrons. The molecule has 15 heavy (non-hydrogen) atoms. The third-order valence-corrected chi connectivity index (χ3v) is 1.93. The van der Waals surface area contributed by atoms with Crippen LogP contribution in [-0.2, 0) is 0 Å². The molecule has 7 heteroatoms. The molecule has 80 valence electrons. The number of rotatable bonds is 3. The first-order valence-electron chi connectivity index (χ1n) is 4.19. The van der Waals surface area contributed by atoms with E-state index in [4.69, 9.17) is 21.4 Å². The molecule has 2 heterocycles. The van der Waals surface area contributed by atoms with Crippen LogP contribution in [-0.4, -0.2) is 38.0 Å². The Balaban J connectivity index is 2.53. The number of fused-ring (bicyclic) bond motifs is 1. The molecule has 2 aromatic heterocycles. The summed E-state index contributed by atoms with van der Waals surface area (Å²) in [6.45, 7) is -0.0666. The van der Waals surface area contributed by atoms with Gasteiger partial charge in [0.15, 0.2) is 16.4 Å². The van der Waals surface area contributed by atoms with Gasteiger partial charge in [-0.1, -0.05) is 11.6 Å². The quantitative estimate of drug-likeness (QED) is 0.799. The minimum atomic E-state index is -0.144. The van der Waals surface area contributed by atoms with Crippen molar-refractivity contribution in [3.8, 4) is 11.6 Å². The van der Waals surface area contributed by atoms with Gasteiger partial charge < -0.3 is 14.9 Å². The summed E-state index contributed by atoms with van der Waals surface area (Å²) >= 11 is 5.72. The van der Waals surface area contributed by atoms with Crippen molar-refractivity contribution in [1.82, 2.24) is 14.6 Å². The molecule has 0 fully saturated rings. The lowest BCUT2D eigenvalue weighted by atomic mass is 10.4. The predicted octanol–water partition coefficient (Wildman–Crippen LogP) is 0.459. The second kappa shape index (κ2) is 3.92. The molecule has 0 aromatic carbocycles. The summed E-state index contributed by atoms with van der Waals surface area (Å²) in [6.07, 6.45) is 2.71. The van der Waals surface area contributed by atoms with E-state index in [0.717, 1.165) is 0 Å². The summed E-state index contributed by atoms with van der Waals surface area (Å²) in [5, 5.41) is 22.1. The van der Waals surface area contributed by atoms with E-state index in [-0.39, 0.29) is 30.0 Å². The van der Waals surface area contributed by atoms with E-state index in [1.807, 2.05) is 0 Å². The SMILES string of the molecule is OCCOc1nc(Cl)cn2ncc(O)c12. The molecule has 0 aliphatic carbocycles. The van der Waals surface area contributed by atoms with E-state index in [9.17, 15) is 5.11 Å². The highest BCUT2D eigenvalue weighted by atomic mass is 35.5. The van der Waals surface area contributed by atoms with Crippen molar-refractivity contribution in [1.29, 1.82) is 0 Å². The fourth-order valence-electron chi connectivity index (χ4n) is 1.18. The van der Waals surface area contributed by atoms with Crippen molar-refractivity contribution in [2.75, 3.05) is 13.2 Å². The van der Waals surface area contributed by atoms with Crippen molar-refractivity contribution < 1.29 is 14.9 Å². The van der Waals surface area contributed by atoms with Crippen LogP contribution in [0.5, 0.6) is 11.6 Å². The summed E-state index contributed by atoms with van der Waals surface area (Å²) in [4.78, 5) is 3.88. The van der Waals surface area contributed by atoms with Gasteiger partial charge in [0.1, 0.15) is 6.61 Å². The lowest BCUT2D eigenvalue weighted by Gasteiger charge is -2.05. The number of aliphatic hydroxyl groups is 1. The highest BCUT2D eigenvalue weighted by molar-refractivity contribution is 6.29. The minimum Gasteiger partial charge on any atom is -0.504 e. The van der Waals surface area contributed by atoms with E-state index in [2.05, 4.69) is 10.1 Å². The van der Waals surface area contributed by atoms with Gasteiger partial charge in [-0.05, 0) is 0 Å². The molecular weight excluding hydrogens is 222 g/mol. The standard InChI is InChI=1S/C8H8ClN3O3/c9-6-4-12-7(5(14)3-10-12)8(11-6)15-2-1-13/h3-4,13-14H,1-2H2. The Hall–Kier alpha value is -1.53. The van der Waals surface area contributed by atoms with Crippen LogP contribution >= 0.6 is 11.6 Å². The Bertz CT molecular complexity index is 485. The maximum Gasteiger partial charge on any atom is 0.245 e. The van der Waals surface area contributed by atoms with Crippen LogP contribution in [0.3, 0.4) is 0 Å². The number of nitrogens with zero attached hydrogens (tertiary/aromatic N) is 3. The number of hydrogen-bond donors (Lipinski definition) is 2. The molecule has 2 N–H and O–H groups in total. The summed E-state index contributed by atoms with van der Waals surface area (Å²) in [7, 11) is 0. The Morgan fingerprint density at radius 2 is 2.33 bits per heavy atom. The zero-order valence-corrected chi connectivity index (χ0v) is 8.35. The van der Waals surface area contributed by atoms with Crippen molar-refractivity contribution in [2.24, 2.45) is 0 Å². The van der Waals surface area contributed by atoms with Gasteiger partial charge in [-0.3, -0.25) is 0 Å². The number of aliphatic hydroxyl groups excluding tert-OH is 1. The summed E-state index contributed by atoms with van der Waals surface area (Å²) in [5.41, 5.74) is 0.327. The fourth-order valence-corrected chi connectivity index (χ4v) is 1.35. The van der Waals surface area contributed by atoms with Crippen LogP contribution in [0.1, 0.15) is 0 Å². The van der Waals surface area contributed by atoms with Crippen molar-refractivity contribution >= 4 is 17.1 Å². The summed E-state index contributed by atoms with van der Waals surface area (Å²) in [6, 6.07) is 0. The van der Waals surface area contributed by atoms with Crippen molar-refractivity contribution in [3.63, 3.8) is 0 Å². The first-order valence-corrected chi connectivity index (χ1v) is 4.56. The molecule has 0 aliphatic heterocycles. The maximum atomic E-state index is 9.47. The van der Waals surface area contributed by atoms with Crippen LogP contribution in [0.2, 0.25) is 5.15 Å². The number of hydrogen-bond acceptors (Lipinski definition) is 5. The van der Waals surface area contributed by atoms with Gasteiger partial charge in [-0.2, -0.15) is 10.1 Å². The van der Waals surface area contributed by atoms with Gasteiger partial charge in [-0.15, -0.1) is 0 Å². The van der Waals surface area contributed by atoms with Crippen LogP contribution < -0.4 is 4.74 Å². The van der Waals surface area contributed by atoms with Crippen molar-refractivity contribution in [3.05, 3.63) is 17.5 Å². The van der Waals surface area contributed by atoms with E-state index >= 15 is 0 Å². The summed E-state index contributed by atoms with van der Waals surface area (Å²) in [5.74, 6) is 0.0960. The molecule has 0 unspecified atom stereocenters. The molecule has 0 bridgehead atoms. The zero-order chi connectivity index (χ0) is 10.8. The minimum absolute atomic E-state index is 0.0490. The van der Waals surface area contributed by atoms with Crippen LogP contribution in [0, 0.1) is 0 Å². The van der Waals surface area contributed by atoms with E-state index in [1.54, 1.807) is 0 Å². The Morgan fingerprint density at radius 3 is 3.07 bits per heavy atom. The molecule has 0 spiro atoms. The highest BCUT2D eigenvalue weighted by Gasteiger charge is 2.12. The smallest absolute Gasteiger partial charge is 0.245 e. The lowest BCUT2D eigenvalue weighted by Crippen LogP contribution is -2.05. The first-order chi connectivity index (χ1) is 7.22. The van der Waals surface area contributed by atoms with E-state index in [1.165, 1.54) is 16.9 Å². The third-order valence-electron chi connectivity index (χ3n) is 1.75. The largest absolute Gasteiger partial charge is 0.504 e. The van der Waals surface area contributed by atoms with E-state index in [0.29, 0.717) is 5.52 Å². The molecule has 0 amide bonds. The van der Waals surface area contributed by atoms with Gasteiger partial charge in [0.2, 0.25) is 5.88 Å². The molecule has 0 saturated heterocycles. The maximum absolute atomic E-state index is 9.47. The Morgan fingerprint density at radius 1 is 1.53 bits per heavy atom. The molecule has 0 aliphatic rings. The number of aromatic hydroxyl groups is 1. The number of ether oxygens (including phenoxy) is 1. The Labute approximate surface area is 89.7 Å². The monoisotopic (exact) mass is 229 g/mol. The highest BCUT2D eigenvalue weighted by Crippen LogP contribution is 2.27. The van der Waals surface area contributed by atoms with E-state index < -0.39 is 0 Å². The van der Waals surface area contributed by atoms with Gasteiger partial charge >= 0.3 is 0 Å². The fraction of sp³-hybridized carbons (Fsp3) is 0.250. The normalized spacial score (nSPS) is 10.8. The molecular formula is C8H8ClN3O3. The van der Waals surface area contributed by atoms with Crippen LogP contribution in [0.25, 0.3) is 5.52 Å². The Kier molecular flexibility index (Phi) is 2.61. The van der Waals surface area contributed by atoms with Gasteiger partial charge in [-0.25, -0.2) is 4.52 Å². The molecule has 2 aromatic rings. The first kappa shape index (κ1) is 10.0. The van der Waals surface area contributed by atoms with Gasteiger partial charge in [0, 0.05) is 0 Å². The van der Waals surface area contributed by atoms with Gasteiger partial charge in [0.05, 0.1) is 19.0 Å². The lowest BCUT2D eigenvalue weighted by molar-refractivity contribution is 0.197. The van der Waals surface area contributed by atoms with Crippen LogP contribution in [0.15, 0.2) is 12.4 Å². The molecule has 0 atom stereocenters. The van der Waals surface area contributed by atoms with Crippen LogP contribution in [0.4, 0.5) is 0 Å². The molecule has 0 saturated carbocycles. The van der Waals surface area contributed by atoms with Gasteiger partial charge in [0.25, 0.3) is 0 Å². The predicted molar refractivity (Wildman–Crippen MR) is 52.2 cm³/mol. The third kappa shape index (κ3) is 1.81. The average molecular weight is 230 g/mol. The van der Waals surface area contributed by atoms with Crippen molar-refractivity contribution in [2.45, 2.75) is 0 Å². The molecule has 6 nitrogen and oxygen atoms in total. The number of halogens is 1.